The van der Waals surface area contributed by atoms with E-state index >= 15 is 0 Å². The quantitative estimate of drug-likeness (QED) is 0.831. The van der Waals surface area contributed by atoms with E-state index in [1.807, 2.05) is 31.2 Å². The lowest BCUT2D eigenvalue weighted by Crippen LogP contribution is -2.35. The summed E-state index contributed by atoms with van der Waals surface area (Å²) in [6.45, 7) is 4.07. The molecule has 1 saturated heterocycles. The number of nitrogens with one attached hydrogen (secondary N) is 1. The third kappa shape index (κ3) is 3.58. The van der Waals surface area contributed by atoms with Crippen LogP contribution in [0.5, 0.6) is 0 Å². The van der Waals surface area contributed by atoms with Crippen LogP contribution in [0.1, 0.15) is 29.3 Å². The lowest BCUT2D eigenvalue weighted by atomic mass is 9.92. The second kappa shape index (κ2) is 7.41. The number of hydrogen-bond acceptors (Lipinski definition) is 3. The Balaban J connectivity index is 1.93. The zero-order valence-electron chi connectivity index (χ0n) is 12.0. The fourth-order valence-corrected chi connectivity index (χ4v) is 2.67. The van der Waals surface area contributed by atoms with Gasteiger partial charge in [0.15, 0.2) is 0 Å². The number of benzene rings is 1. The van der Waals surface area contributed by atoms with Gasteiger partial charge in [-0.3, -0.25) is 4.79 Å². The SMILES string of the molecule is CCc1ccccc1C(=O)NC[C@@H](CO)[C@@H]1CCOC1. The molecule has 0 unspecified atom stereocenters. The molecule has 0 aromatic heterocycles. The highest BCUT2D eigenvalue weighted by molar-refractivity contribution is 5.95. The molecule has 0 aliphatic carbocycles. The number of aliphatic hydroxyl groups is 1. The van der Waals surface area contributed by atoms with Gasteiger partial charge in [-0.2, -0.15) is 0 Å². The summed E-state index contributed by atoms with van der Waals surface area (Å²) in [5, 5.41) is 12.4. The van der Waals surface area contributed by atoms with Gasteiger partial charge in [0.2, 0.25) is 0 Å². The van der Waals surface area contributed by atoms with Crippen molar-refractivity contribution in [2.75, 3.05) is 26.4 Å². The maximum Gasteiger partial charge on any atom is 0.251 e. The molecule has 0 saturated carbocycles. The van der Waals surface area contributed by atoms with Crippen LogP contribution in [0, 0.1) is 11.8 Å². The molecule has 0 bridgehead atoms. The van der Waals surface area contributed by atoms with Gasteiger partial charge in [0.05, 0.1) is 0 Å². The van der Waals surface area contributed by atoms with Gasteiger partial charge in [0.25, 0.3) is 5.91 Å². The van der Waals surface area contributed by atoms with Gasteiger partial charge in [-0.25, -0.2) is 0 Å². The minimum Gasteiger partial charge on any atom is -0.396 e. The first kappa shape index (κ1) is 15.0. The smallest absolute Gasteiger partial charge is 0.251 e. The van der Waals surface area contributed by atoms with Crippen LogP contribution < -0.4 is 5.32 Å². The highest BCUT2D eigenvalue weighted by atomic mass is 16.5. The van der Waals surface area contributed by atoms with Crippen molar-refractivity contribution in [3.63, 3.8) is 0 Å². The Hall–Kier alpha value is -1.39. The number of carbonyl (C=O) groups is 1. The maximum atomic E-state index is 12.2. The Bertz CT molecular complexity index is 441. The minimum atomic E-state index is -0.0557. The summed E-state index contributed by atoms with van der Waals surface area (Å²) in [4.78, 5) is 12.2. The Morgan fingerprint density at radius 2 is 2.30 bits per heavy atom. The average molecular weight is 277 g/mol. The summed E-state index contributed by atoms with van der Waals surface area (Å²) in [7, 11) is 0. The number of amides is 1. The molecule has 4 heteroatoms. The number of aliphatic hydroxyl groups excluding tert-OH is 1. The minimum absolute atomic E-state index is 0.0557. The van der Waals surface area contributed by atoms with Crippen LogP contribution in [0.3, 0.4) is 0 Å². The number of carbonyl (C=O) groups excluding carboxylic acids is 1. The number of aryl methyl sites for hydroxylation is 1. The Morgan fingerprint density at radius 3 is 2.95 bits per heavy atom. The predicted molar refractivity (Wildman–Crippen MR) is 77.7 cm³/mol. The fourth-order valence-electron chi connectivity index (χ4n) is 2.67. The van der Waals surface area contributed by atoms with E-state index in [4.69, 9.17) is 4.74 Å². The summed E-state index contributed by atoms with van der Waals surface area (Å²) >= 11 is 0. The summed E-state index contributed by atoms with van der Waals surface area (Å²) < 4.78 is 5.34. The molecule has 0 radical (unpaired) electrons. The molecule has 0 spiro atoms. The predicted octanol–water partition coefficient (Wildman–Crippen LogP) is 1.62. The Labute approximate surface area is 120 Å². The van der Waals surface area contributed by atoms with E-state index < -0.39 is 0 Å². The normalized spacial score (nSPS) is 19.8. The zero-order chi connectivity index (χ0) is 14.4. The molecule has 1 amide bonds. The molecular weight excluding hydrogens is 254 g/mol. The van der Waals surface area contributed by atoms with Gasteiger partial charge in [0.1, 0.15) is 0 Å². The third-order valence-corrected chi connectivity index (χ3v) is 4.03. The summed E-state index contributed by atoms with van der Waals surface area (Å²) in [5.74, 6) is 0.372. The topological polar surface area (TPSA) is 58.6 Å². The van der Waals surface area contributed by atoms with E-state index in [-0.39, 0.29) is 18.4 Å². The molecule has 1 aliphatic heterocycles. The van der Waals surface area contributed by atoms with Crippen LogP contribution in [0.15, 0.2) is 24.3 Å². The molecule has 1 aliphatic rings. The molecular formula is C16H23NO3. The van der Waals surface area contributed by atoms with Crippen molar-refractivity contribution in [1.29, 1.82) is 0 Å². The fraction of sp³-hybridized carbons (Fsp3) is 0.562. The van der Waals surface area contributed by atoms with Gasteiger partial charge in [0, 0.05) is 37.8 Å². The zero-order valence-corrected chi connectivity index (χ0v) is 12.0. The van der Waals surface area contributed by atoms with E-state index in [1.54, 1.807) is 0 Å². The molecule has 1 aromatic rings. The maximum absolute atomic E-state index is 12.2. The number of ether oxygens (including phenoxy) is 1. The Kier molecular flexibility index (Phi) is 5.56. The summed E-state index contributed by atoms with van der Waals surface area (Å²) in [6, 6.07) is 7.65. The first-order valence-electron chi connectivity index (χ1n) is 7.31. The van der Waals surface area contributed by atoms with Crippen molar-refractivity contribution in [2.45, 2.75) is 19.8 Å². The summed E-state index contributed by atoms with van der Waals surface area (Å²) in [5.41, 5.74) is 1.78. The molecule has 2 atom stereocenters. The van der Waals surface area contributed by atoms with Crippen LogP contribution in [-0.4, -0.2) is 37.4 Å². The largest absolute Gasteiger partial charge is 0.396 e. The number of rotatable bonds is 6. The standard InChI is InChI=1S/C16H23NO3/c1-2-12-5-3-4-6-15(12)16(19)17-9-14(10-18)13-7-8-20-11-13/h3-6,13-14,18H,2,7-11H2,1H3,(H,17,19)/t13-,14+/m1/s1. The second-order valence-electron chi connectivity index (χ2n) is 5.29. The van der Waals surface area contributed by atoms with Gasteiger partial charge in [-0.05, 0) is 30.4 Å². The van der Waals surface area contributed by atoms with E-state index in [2.05, 4.69) is 5.32 Å². The van der Waals surface area contributed by atoms with Crippen LogP contribution in [0.25, 0.3) is 0 Å². The van der Waals surface area contributed by atoms with Gasteiger partial charge >= 0.3 is 0 Å². The highest BCUT2D eigenvalue weighted by Crippen LogP contribution is 2.21. The Morgan fingerprint density at radius 1 is 1.50 bits per heavy atom. The molecule has 1 heterocycles. The van der Waals surface area contributed by atoms with E-state index in [0.717, 1.165) is 30.6 Å². The lowest BCUT2D eigenvalue weighted by molar-refractivity contribution is 0.0916. The van der Waals surface area contributed by atoms with E-state index in [9.17, 15) is 9.90 Å². The van der Waals surface area contributed by atoms with Crippen LogP contribution >= 0.6 is 0 Å². The van der Waals surface area contributed by atoms with Crippen molar-refractivity contribution in [3.05, 3.63) is 35.4 Å². The van der Waals surface area contributed by atoms with Crippen molar-refractivity contribution in [1.82, 2.24) is 5.32 Å². The summed E-state index contributed by atoms with van der Waals surface area (Å²) in [6.07, 6.45) is 1.80. The molecule has 4 nitrogen and oxygen atoms in total. The van der Waals surface area contributed by atoms with Crippen molar-refractivity contribution in [3.8, 4) is 0 Å². The van der Waals surface area contributed by atoms with E-state index in [0.29, 0.717) is 19.1 Å². The third-order valence-electron chi connectivity index (χ3n) is 4.03. The van der Waals surface area contributed by atoms with Crippen molar-refractivity contribution < 1.29 is 14.6 Å². The first-order valence-corrected chi connectivity index (χ1v) is 7.31. The highest BCUT2D eigenvalue weighted by Gasteiger charge is 2.25. The second-order valence-corrected chi connectivity index (χ2v) is 5.29. The van der Waals surface area contributed by atoms with Gasteiger partial charge < -0.3 is 15.2 Å². The molecule has 2 N–H and O–H groups in total. The molecule has 2 rings (SSSR count). The first-order chi connectivity index (χ1) is 9.76. The van der Waals surface area contributed by atoms with Crippen molar-refractivity contribution in [2.24, 2.45) is 11.8 Å². The molecule has 110 valence electrons. The van der Waals surface area contributed by atoms with Crippen LogP contribution in [-0.2, 0) is 11.2 Å². The average Bonchev–Trinajstić information content (AvgIpc) is 3.02. The monoisotopic (exact) mass is 277 g/mol. The lowest BCUT2D eigenvalue weighted by Gasteiger charge is -2.20. The molecule has 20 heavy (non-hydrogen) atoms. The molecule has 1 aromatic carbocycles. The van der Waals surface area contributed by atoms with Crippen LogP contribution in [0.2, 0.25) is 0 Å². The van der Waals surface area contributed by atoms with Crippen molar-refractivity contribution >= 4 is 5.91 Å². The van der Waals surface area contributed by atoms with Gasteiger partial charge in [-0.15, -0.1) is 0 Å². The van der Waals surface area contributed by atoms with Crippen LogP contribution in [0.4, 0.5) is 0 Å². The van der Waals surface area contributed by atoms with Gasteiger partial charge in [-0.1, -0.05) is 25.1 Å². The number of hydrogen-bond donors (Lipinski definition) is 2. The van der Waals surface area contributed by atoms with E-state index in [1.165, 1.54) is 0 Å². The molecule has 1 fully saturated rings.